The van der Waals surface area contributed by atoms with E-state index in [2.05, 4.69) is 48.5 Å². The van der Waals surface area contributed by atoms with Gasteiger partial charge >= 0.3 is 0 Å². The van der Waals surface area contributed by atoms with Gasteiger partial charge in [-0.3, -0.25) is 0 Å². The fraction of sp³-hybridized carbons (Fsp3) is 0.636. The van der Waals surface area contributed by atoms with Crippen LogP contribution in [0.1, 0.15) is 12.8 Å². The summed E-state index contributed by atoms with van der Waals surface area (Å²) in [5, 5.41) is 6.51. The van der Waals surface area contributed by atoms with E-state index in [1.165, 1.54) is 0 Å². The van der Waals surface area contributed by atoms with Crippen molar-refractivity contribution in [1.29, 1.82) is 0 Å². The van der Waals surface area contributed by atoms with Crippen molar-refractivity contribution in [3.8, 4) is 0 Å². The van der Waals surface area contributed by atoms with Crippen LogP contribution in [0, 0.1) is 0 Å². The molecule has 0 radical (unpaired) electrons. The molecule has 5 nitrogen and oxygen atoms in total. The van der Waals surface area contributed by atoms with E-state index < -0.39 is 0 Å². The smallest absolute Gasteiger partial charge is 0.146 e. The molecule has 0 aliphatic carbocycles. The standard InChI is InChI=1S/C11H18BrN5/c1-13-10-9(12)11(15-7-14-10)16-8-3-5-17(2)6-4-8/h7-8H,3-6H2,1-2H3,(H2,13,14,15,16). The second-order valence-corrected chi connectivity index (χ2v) is 5.15. The molecule has 6 heteroatoms. The Morgan fingerprint density at radius 1 is 1.29 bits per heavy atom. The molecule has 1 aliphatic heterocycles. The third kappa shape index (κ3) is 3.07. The summed E-state index contributed by atoms with van der Waals surface area (Å²) in [6.07, 6.45) is 3.89. The molecule has 0 amide bonds. The molecule has 1 aliphatic rings. The first-order valence-electron chi connectivity index (χ1n) is 5.84. The average molecular weight is 300 g/mol. The summed E-state index contributed by atoms with van der Waals surface area (Å²) in [6, 6.07) is 0.502. The van der Waals surface area contributed by atoms with Crippen molar-refractivity contribution < 1.29 is 0 Å². The Balaban J connectivity index is 2.03. The highest BCUT2D eigenvalue weighted by Gasteiger charge is 2.18. The van der Waals surface area contributed by atoms with Crippen LogP contribution in [0.4, 0.5) is 11.6 Å². The van der Waals surface area contributed by atoms with E-state index in [0.717, 1.165) is 42.0 Å². The number of anilines is 2. The van der Waals surface area contributed by atoms with Gasteiger partial charge in [-0.15, -0.1) is 0 Å². The summed E-state index contributed by atoms with van der Waals surface area (Å²) in [5.74, 6) is 1.69. The Morgan fingerprint density at radius 3 is 2.59 bits per heavy atom. The Bertz CT molecular complexity index is 376. The first-order valence-corrected chi connectivity index (χ1v) is 6.63. The molecule has 1 aromatic rings. The van der Waals surface area contributed by atoms with E-state index in [1.807, 2.05) is 7.05 Å². The van der Waals surface area contributed by atoms with E-state index in [9.17, 15) is 0 Å². The normalized spacial score (nSPS) is 18.1. The lowest BCUT2D eigenvalue weighted by Crippen LogP contribution is -2.37. The van der Waals surface area contributed by atoms with Crippen LogP contribution in [-0.4, -0.2) is 48.1 Å². The van der Waals surface area contributed by atoms with Gasteiger partial charge in [0.1, 0.15) is 22.4 Å². The molecule has 1 saturated heterocycles. The van der Waals surface area contributed by atoms with Crippen LogP contribution in [0.3, 0.4) is 0 Å². The maximum atomic E-state index is 4.28. The molecule has 2 heterocycles. The summed E-state index contributed by atoms with van der Waals surface area (Å²) >= 11 is 3.52. The minimum atomic E-state index is 0.502. The SMILES string of the molecule is CNc1ncnc(NC2CCN(C)CC2)c1Br. The monoisotopic (exact) mass is 299 g/mol. The molecule has 0 unspecified atom stereocenters. The quantitative estimate of drug-likeness (QED) is 0.891. The molecule has 0 aromatic carbocycles. The number of nitrogens with zero attached hydrogens (tertiary/aromatic N) is 3. The zero-order valence-corrected chi connectivity index (χ0v) is 11.8. The Morgan fingerprint density at radius 2 is 1.94 bits per heavy atom. The Labute approximate surface area is 110 Å². The predicted octanol–water partition coefficient (Wildman–Crippen LogP) is 1.79. The van der Waals surface area contributed by atoms with Crippen LogP contribution >= 0.6 is 15.9 Å². The second-order valence-electron chi connectivity index (χ2n) is 4.36. The molecular weight excluding hydrogens is 282 g/mol. The number of piperidine rings is 1. The lowest BCUT2D eigenvalue weighted by atomic mass is 10.1. The summed E-state index contributed by atoms with van der Waals surface area (Å²) in [7, 11) is 4.02. The molecule has 94 valence electrons. The number of halogens is 1. The van der Waals surface area contributed by atoms with Crippen LogP contribution in [0.5, 0.6) is 0 Å². The lowest BCUT2D eigenvalue weighted by Gasteiger charge is -2.30. The van der Waals surface area contributed by atoms with E-state index in [1.54, 1.807) is 6.33 Å². The first kappa shape index (κ1) is 12.6. The fourth-order valence-electron chi connectivity index (χ4n) is 1.99. The molecule has 0 saturated carbocycles. The molecule has 2 rings (SSSR count). The van der Waals surface area contributed by atoms with Crippen LogP contribution in [0.25, 0.3) is 0 Å². The van der Waals surface area contributed by atoms with Gasteiger partial charge in [0, 0.05) is 13.1 Å². The highest BCUT2D eigenvalue weighted by molar-refractivity contribution is 9.10. The molecule has 1 aromatic heterocycles. The molecule has 1 fully saturated rings. The van der Waals surface area contributed by atoms with Gasteiger partial charge < -0.3 is 15.5 Å². The third-order valence-corrected chi connectivity index (χ3v) is 3.84. The minimum Gasteiger partial charge on any atom is -0.372 e. The largest absolute Gasteiger partial charge is 0.372 e. The average Bonchev–Trinajstić information content (AvgIpc) is 2.35. The molecular formula is C11H18BrN5. The first-order chi connectivity index (χ1) is 8.20. The number of likely N-dealkylation sites (tertiary alicyclic amines) is 1. The van der Waals surface area contributed by atoms with Crippen LogP contribution in [0.2, 0.25) is 0 Å². The van der Waals surface area contributed by atoms with Gasteiger partial charge in [-0.2, -0.15) is 0 Å². The lowest BCUT2D eigenvalue weighted by molar-refractivity contribution is 0.263. The van der Waals surface area contributed by atoms with Crippen molar-refractivity contribution in [3.63, 3.8) is 0 Å². The van der Waals surface area contributed by atoms with Gasteiger partial charge in [-0.1, -0.05) is 0 Å². The third-order valence-electron chi connectivity index (χ3n) is 3.09. The highest BCUT2D eigenvalue weighted by Crippen LogP contribution is 2.27. The molecule has 0 bridgehead atoms. The van der Waals surface area contributed by atoms with Gasteiger partial charge in [-0.25, -0.2) is 9.97 Å². The summed E-state index contributed by atoms with van der Waals surface area (Å²) in [4.78, 5) is 10.8. The Kier molecular flexibility index (Phi) is 4.17. The van der Waals surface area contributed by atoms with Gasteiger partial charge in [0.25, 0.3) is 0 Å². The van der Waals surface area contributed by atoms with E-state index in [-0.39, 0.29) is 0 Å². The van der Waals surface area contributed by atoms with Crippen LogP contribution in [-0.2, 0) is 0 Å². The van der Waals surface area contributed by atoms with Gasteiger partial charge in [-0.05, 0) is 48.9 Å². The fourth-order valence-corrected chi connectivity index (χ4v) is 2.51. The molecule has 2 N–H and O–H groups in total. The van der Waals surface area contributed by atoms with Crippen molar-refractivity contribution in [2.45, 2.75) is 18.9 Å². The number of hydrogen-bond acceptors (Lipinski definition) is 5. The second kappa shape index (κ2) is 5.64. The van der Waals surface area contributed by atoms with Crippen molar-refractivity contribution in [1.82, 2.24) is 14.9 Å². The summed E-state index contributed by atoms with van der Waals surface area (Å²) in [6.45, 7) is 2.28. The molecule has 0 spiro atoms. The van der Waals surface area contributed by atoms with Crippen molar-refractivity contribution in [3.05, 3.63) is 10.8 Å². The molecule has 17 heavy (non-hydrogen) atoms. The van der Waals surface area contributed by atoms with Crippen LogP contribution in [0.15, 0.2) is 10.8 Å². The van der Waals surface area contributed by atoms with Crippen molar-refractivity contribution in [2.75, 3.05) is 37.8 Å². The predicted molar refractivity (Wildman–Crippen MR) is 73.4 cm³/mol. The van der Waals surface area contributed by atoms with Gasteiger partial charge in [0.2, 0.25) is 0 Å². The topological polar surface area (TPSA) is 53.1 Å². The number of rotatable bonds is 3. The highest BCUT2D eigenvalue weighted by atomic mass is 79.9. The van der Waals surface area contributed by atoms with Crippen LogP contribution < -0.4 is 10.6 Å². The maximum Gasteiger partial charge on any atom is 0.146 e. The summed E-state index contributed by atoms with van der Waals surface area (Å²) in [5.41, 5.74) is 0. The maximum absolute atomic E-state index is 4.28. The van der Waals surface area contributed by atoms with E-state index in [0.29, 0.717) is 6.04 Å². The summed E-state index contributed by atoms with van der Waals surface area (Å²) < 4.78 is 0.904. The zero-order valence-electron chi connectivity index (χ0n) is 10.2. The number of aromatic nitrogens is 2. The van der Waals surface area contributed by atoms with E-state index >= 15 is 0 Å². The number of nitrogens with one attached hydrogen (secondary N) is 2. The van der Waals surface area contributed by atoms with E-state index in [4.69, 9.17) is 0 Å². The Hall–Kier alpha value is -0.880. The zero-order chi connectivity index (χ0) is 12.3. The minimum absolute atomic E-state index is 0.502. The van der Waals surface area contributed by atoms with Crippen molar-refractivity contribution in [2.24, 2.45) is 0 Å². The number of hydrogen-bond donors (Lipinski definition) is 2. The van der Waals surface area contributed by atoms with Gasteiger partial charge in [0.15, 0.2) is 0 Å². The van der Waals surface area contributed by atoms with Crippen molar-refractivity contribution >= 4 is 27.6 Å². The molecule has 0 atom stereocenters. The van der Waals surface area contributed by atoms with Gasteiger partial charge in [0.05, 0.1) is 0 Å².